The number of benzene rings is 1. The topological polar surface area (TPSA) is 62.7 Å². The molecule has 0 bridgehead atoms. The second-order valence-electron chi connectivity index (χ2n) is 8.81. The highest BCUT2D eigenvalue weighted by Crippen LogP contribution is 2.35. The van der Waals surface area contributed by atoms with Gasteiger partial charge in [0.15, 0.2) is 17.0 Å². The van der Waals surface area contributed by atoms with E-state index in [2.05, 4.69) is 31.9 Å². The van der Waals surface area contributed by atoms with Gasteiger partial charge in [-0.05, 0) is 56.5 Å². The Bertz CT molecular complexity index is 1280. The fraction of sp³-hybridized carbons (Fsp3) is 0.409. The van der Waals surface area contributed by atoms with Crippen LogP contribution in [-0.2, 0) is 0 Å². The van der Waals surface area contributed by atoms with Gasteiger partial charge in [0.2, 0.25) is 0 Å². The zero-order chi connectivity index (χ0) is 20.6. The molecule has 2 atom stereocenters. The van der Waals surface area contributed by atoms with E-state index in [1.807, 2.05) is 32.2 Å². The molecule has 0 amide bonds. The molecule has 3 aromatic heterocycles. The van der Waals surface area contributed by atoms with E-state index >= 15 is 0 Å². The van der Waals surface area contributed by atoms with Gasteiger partial charge in [-0.2, -0.15) is 10.1 Å². The van der Waals surface area contributed by atoms with Gasteiger partial charge >= 0.3 is 0 Å². The summed E-state index contributed by atoms with van der Waals surface area (Å²) in [6, 6.07) is 5.76. The number of rotatable bonds is 2. The molecule has 7 nitrogen and oxygen atoms in total. The highest BCUT2D eigenvalue weighted by atomic mass is 19.1. The van der Waals surface area contributed by atoms with E-state index in [0.717, 1.165) is 43.1 Å². The lowest BCUT2D eigenvalue weighted by Crippen LogP contribution is -2.26. The van der Waals surface area contributed by atoms with Crippen LogP contribution in [0, 0.1) is 31.5 Å². The maximum Gasteiger partial charge on any atom is 0.298 e. The van der Waals surface area contributed by atoms with Crippen molar-refractivity contribution in [2.45, 2.75) is 13.8 Å². The Morgan fingerprint density at radius 2 is 1.80 bits per heavy atom. The van der Waals surface area contributed by atoms with Crippen LogP contribution in [-0.4, -0.2) is 57.7 Å². The number of likely N-dealkylation sites (tertiary alicyclic amines) is 1. The first kappa shape index (κ1) is 17.8. The number of anilines is 1. The highest BCUT2D eigenvalue weighted by Gasteiger charge is 2.40. The first-order chi connectivity index (χ1) is 14.4. The lowest BCUT2D eigenvalue weighted by atomic mass is 10.0. The van der Waals surface area contributed by atoms with Crippen molar-refractivity contribution in [2.75, 3.05) is 38.1 Å². The molecular weight excluding hydrogens is 383 g/mol. The van der Waals surface area contributed by atoms with Gasteiger partial charge in [0.1, 0.15) is 5.52 Å². The molecule has 1 aromatic carbocycles. The van der Waals surface area contributed by atoms with Crippen LogP contribution >= 0.6 is 0 Å². The molecule has 2 unspecified atom stereocenters. The number of imidazole rings is 1. The fourth-order valence-corrected chi connectivity index (χ4v) is 5.03. The number of oxazole rings is 1. The van der Waals surface area contributed by atoms with Gasteiger partial charge < -0.3 is 14.2 Å². The van der Waals surface area contributed by atoms with Crippen LogP contribution in [0.25, 0.3) is 28.0 Å². The van der Waals surface area contributed by atoms with E-state index < -0.39 is 5.82 Å². The molecule has 0 radical (unpaired) electrons. The second-order valence-corrected chi connectivity index (χ2v) is 8.81. The number of fused-ring (bicyclic) bond motifs is 3. The summed E-state index contributed by atoms with van der Waals surface area (Å²) < 4.78 is 22.7. The van der Waals surface area contributed by atoms with Crippen LogP contribution in [0.1, 0.15) is 11.3 Å². The number of aryl methyl sites for hydroxylation is 2. The molecule has 0 aliphatic carbocycles. The summed E-state index contributed by atoms with van der Waals surface area (Å²) in [4.78, 5) is 13.5. The molecular formula is C22H23FN6O. The van der Waals surface area contributed by atoms with Crippen molar-refractivity contribution in [3.05, 3.63) is 41.5 Å². The number of hydrogen-bond donors (Lipinski definition) is 0. The first-order valence-corrected chi connectivity index (χ1v) is 10.3. The minimum atomic E-state index is -0.391. The Balaban J connectivity index is 1.38. The third-order valence-corrected chi connectivity index (χ3v) is 6.40. The molecule has 0 saturated carbocycles. The maximum atomic E-state index is 14.9. The number of hydrogen-bond acceptors (Lipinski definition) is 6. The van der Waals surface area contributed by atoms with Crippen LogP contribution in [0.2, 0.25) is 0 Å². The molecule has 8 heteroatoms. The molecule has 30 heavy (non-hydrogen) atoms. The summed E-state index contributed by atoms with van der Waals surface area (Å²) in [5, 5.41) is 4.62. The summed E-state index contributed by atoms with van der Waals surface area (Å²) in [7, 11) is 2.16. The molecule has 154 valence electrons. The van der Waals surface area contributed by atoms with E-state index in [-0.39, 0.29) is 5.52 Å². The van der Waals surface area contributed by atoms with Crippen molar-refractivity contribution in [3.8, 4) is 11.3 Å². The normalized spacial score (nSPS) is 21.9. The first-order valence-electron chi connectivity index (χ1n) is 10.3. The van der Waals surface area contributed by atoms with Crippen LogP contribution < -0.4 is 4.90 Å². The van der Waals surface area contributed by atoms with Crippen molar-refractivity contribution in [3.63, 3.8) is 0 Å². The Kier molecular flexibility index (Phi) is 3.71. The average molecular weight is 406 g/mol. The Labute approximate surface area is 173 Å². The van der Waals surface area contributed by atoms with Gasteiger partial charge in [-0.15, -0.1) is 0 Å². The molecule has 2 aliphatic rings. The molecule has 2 aliphatic heterocycles. The summed E-state index contributed by atoms with van der Waals surface area (Å²) >= 11 is 0. The van der Waals surface area contributed by atoms with Gasteiger partial charge in [0, 0.05) is 31.7 Å². The van der Waals surface area contributed by atoms with Crippen LogP contribution in [0.5, 0.6) is 0 Å². The van der Waals surface area contributed by atoms with Gasteiger partial charge in [-0.3, -0.25) is 0 Å². The second kappa shape index (κ2) is 6.25. The predicted molar refractivity (Wildman–Crippen MR) is 112 cm³/mol. The zero-order valence-corrected chi connectivity index (χ0v) is 17.3. The van der Waals surface area contributed by atoms with Gasteiger partial charge in [0.25, 0.3) is 6.01 Å². The molecule has 5 heterocycles. The van der Waals surface area contributed by atoms with E-state index in [9.17, 15) is 4.39 Å². The van der Waals surface area contributed by atoms with E-state index in [0.29, 0.717) is 34.7 Å². The maximum absolute atomic E-state index is 14.9. The Hall–Kier alpha value is -3.00. The summed E-state index contributed by atoms with van der Waals surface area (Å²) in [6.45, 7) is 7.93. The summed E-state index contributed by atoms with van der Waals surface area (Å²) in [6.07, 6.45) is 1.87. The SMILES string of the molecule is Cc1cn2nc(-c3cc(F)c4nc(N5CC6CN(C)CC6C5)oc4c3)cc(C)c2n1. The Morgan fingerprint density at radius 1 is 1.03 bits per heavy atom. The Morgan fingerprint density at radius 3 is 2.57 bits per heavy atom. The standard InChI is InChI=1S/C22H23FN6O/c1-12-4-18(26-29-7-13(2)24-21(12)29)14-5-17(23)20-19(6-14)30-22(25-20)28-10-15-8-27(3)9-16(15)11-28/h4-7,15-16H,8-11H2,1-3H3. The summed E-state index contributed by atoms with van der Waals surface area (Å²) in [5.74, 6) is 0.865. The molecule has 0 spiro atoms. The monoisotopic (exact) mass is 406 g/mol. The minimum Gasteiger partial charge on any atom is -0.423 e. The fourth-order valence-electron chi connectivity index (χ4n) is 5.03. The number of halogens is 1. The van der Waals surface area contributed by atoms with Crippen molar-refractivity contribution in [1.82, 2.24) is 24.5 Å². The molecule has 0 N–H and O–H groups in total. The van der Waals surface area contributed by atoms with E-state index in [4.69, 9.17) is 4.42 Å². The lowest BCUT2D eigenvalue weighted by molar-refractivity contribution is 0.384. The lowest BCUT2D eigenvalue weighted by Gasteiger charge is -2.16. The van der Waals surface area contributed by atoms with Gasteiger partial charge in [0.05, 0.1) is 17.6 Å². The molecule has 2 fully saturated rings. The quantitative estimate of drug-likeness (QED) is 0.509. The smallest absolute Gasteiger partial charge is 0.298 e. The predicted octanol–water partition coefficient (Wildman–Crippen LogP) is 3.29. The molecule has 4 aromatic rings. The zero-order valence-electron chi connectivity index (χ0n) is 17.3. The van der Waals surface area contributed by atoms with Crippen molar-refractivity contribution >= 4 is 22.8 Å². The largest absolute Gasteiger partial charge is 0.423 e. The van der Waals surface area contributed by atoms with Gasteiger partial charge in [-0.25, -0.2) is 13.9 Å². The summed E-state index contributed by atoms with van der Waals surface area (Å²) in [5.41, 5.74) is 4.76. The minimum absolute atomic E-state index is 0.277. The molecule has 2 saturated heterocycles. The number of aromatic nitrogens is 4. The highest BCUT2D eigenvalue weighted by molar-refractivity contribution is 5.81. The molecule has 6 rings (SSSR count). The van der Waals surface area contributed by atoms with Crippen LogP contribution in [0.15, 0.2) is 28.8 Å². The van der Waals surface area contributed by atoms with Crippen molar-refractivity contribution < 1.29 is 8.81 Å². The van der Waals surface area contributed by atoms with Crippen molar-refractivity contribution in [2.24, 2.45) is 11.8 Å². The number of nitrogens with zero attached hydrogens (tertiary/aromatic N) is 6. The van der Waals surface area contributed by atoms with Gasteiger partial charge in [-0.1, -0.05) is 0 Å². The third kappa shape index (κ3) is 2.70. The van der Waals surface area contributed by atoms with Crippen LogP contribution in [0.4, 0.5) is 10.4 Å². The van der Waals surface area contributed by atoms with E-state index in [1.165, 1.54) is 6.07 Å². The van der Waals surface area contributed by atoms with Crippen LogP contribution in [0.3, 0.4) is 0 Å². The third-order valence-electron chi connectivity index (χ3n) is 6.40. The average Bonchev–Trinajstić information content (AvgIpc) is 3.42. The van der Waals surface area contributed by atoms with Crippen molar-refractivity contribution in [1.29, 1.82) is 0 Å². The van der Waals surface area contributed by atoms with E-state index in [1.54, 1.807) is 4.52 Å².